The summed E-state index contributed by atoms with van der Waals surface area (Å²) >= 11 is 1.87. The third kappa shape index (κ3) is 3.26. The van der Waals surface area contributed by atoms with Crippen molar-refractivity contribution in [1.29, 1.82) is 0 Å². The minimum absolute atomic E-state index is 0.0949. The van der Waals surface area contributed by atoms with Gasteiger partial charge < -0.3 is 10.2 Å². The highest BCUT2D eigenvalue weighted by atomic mass is 32.2. The second-order valence-electron chi connectivity index (χ2n) is 5.15. The fourth-order valence-electron chi connectivity index (χ4n) is 2.82. The molecule has 110 valence electrons. The van der Waals surface area contributed by atoms with Gasteiger partial charge in [0.05, 0.1) is 0 Å². The highest BCUT2D eigenvalue weighted by Gasteiger charge is 2.32. The number of thioether (sulfide) groups is 1. The number of hydrogen-bond acceptors (Lipinski definition) is 4. The molecule has 0 spiro atoms. The van der Waals surface area contributed by atoms with E-state index in [0.717, 1.165) is 18.8 Å². The molecule has 0 bridgehead atoms. The molecule has 1 saturated carbocycles. The van der Waals surface area contributed by atoms with Crippen molar-refractivity contribution in [1.82, 2.24) is 9.88 Å². The summed E-state index contributed by atoms with van der Waals surface area (Å²) in [4.78, 5) is 18.7. The Morgan fingerprint density at radius 2 is 2.35 bits per heavy atom. The van der Waals surface area contributed by atoms with Gasteiger partial charge in [-0.25, -0.2) is 4.98 Å². The number of hydrogen-bond donors (Lipinski definition) is 1. The van der Waals surface area contributed by atoms with E-state index in [2.05, 4.69) is 16.6 Å². The second kappa shape index (κ2) is 6.97. The third-order valence-electron chi connectivity index (χ3n) is 3.90. The van der Waals surface area contributed by atoms with Crippen LogP contribution in [-0.2, 0) is 0 Å². The summed E-state index contributed by atoms with van der Waals surface area (Å²) in [6.07, 6.45) is 7.37. The van der Waals surface area contributed by atoms with E-state index in [-0.39, 0.29) is 5.91 Å². The number of anilines is 1. The molecule has 4 nitrogen and oxygen atoms in total. The Morgan fingerprint density at radius 1 is 1.55 bits per heavy atom. The lowest BCUT2D eigenvalue weighted by Gasteiger charge is -2.29. The number of amides is 1. The van der Waals surface area contributed by atoms with Crippen LogP contribution < -0.4 is 5.32 Å². The first-order valence-corrected chi connectivity index (χ1v) is 8.46. The van der Waals surface area contributed by atoms with E-state index < -0.39 is 0 Å². The molecule has 20 heavy (non-hydrogen) atoms. The van der Waals surface area contributed by atoms with Crippen LogP contribution in [-0.4, -0.2) is 46.9 Å². The third-order valence-corrected chi connectivity index (χ3v) is 5.06. The lowest BCUT2D eigenvalue weighted by Crippen LogP contribution is -2.40. The molecule has 1 aliphatic rings. The molecule has 2 unspecified atom stereocenters. The van der Waals surface area contributed by atoms with E-state index in [0.29, 0.717) is 16.9 Å². The van der Waals surface area contributed by atoms with Crippen LogP contribution in [0.4, 0.5) is 5.82 Å². The first-order chi connectivity index (χ1) is 9.67. The van der Waals surface area contributed by atoms with Gasteiger partial charge in [-0.05, 0) is 38.2 Å². The Balaban J connectivity index is 2.11. The van der Waals surface area contributed by atoms with Gasteiger partial charge in [-0.1, -0.05) is 6.42 Å². The molecule has 0 radical (unpaired) electrons. The summed E-state index contributed by atoms with van der Waals surface area (Å²) in [5, 5.41) is 3.71. The van der Waals surface area contributed by atoms with Crippen LogP contribution in [0.3, 0.4) is 0 Å². The fraction of sp³-hybridized carbons (Fsp3) is 0.600. The molecular formula is C15H23N3OS. The lowest BCUT2D eigenvalue weighted by atomic mass is 10.1. The SMILES string of the molecule is CCNc1cc(C(=O)N(C)C2CCCC2SC)ccn1. The number of nitrogens with one attached hydrogen (secondary N) is 1. The molecule has 1 N–H and O–H groups in total. The molecule has 0 saturated heterocycles. The Morgan fingerprint density at radius 3 is 3.05 bits per heavy atom. The van der Waals surface area contributed by atoms with Gasteiger partial charge in [-0.3, -0.25) is 4.79 Å². The average molecular weight is 293 g/mol. The van der Waals surface area contributed by atoms with Crippen LogP contribution in [0.1, 0.15) is 36.5 Å². The summed E-state index contributed by atoms with van der Waals surface area (Å²) in [5.41, 5.74) is 0.713. The molecule has 2 rings (SSSR count). The second-order valence-corrected chi connectivity index (χ2v) is 6.23. The number of carbonyl (C=O) groups is 1. The lowest BCUT2D eigenvalue weighted by molar-refractivity contribution is 0.0738. The minimum Gasteiger partial charge on any atom is -0.370 e. The van der Waals surface area contributed by atoms with Crippen molar-refractivity contribution in [2.75, 3.05) is 25.2 Å². The molecule has 1 aliphatic carbocycles. The van der Waals surface area contributed by atoms with Gasteiger partial charge in [0.1, 0.15) is 5.82 Å². The van der Waals surface area contributed by atoms with E-state index >= 15 is 0 Å². The van der Waals surface area contributed by atoms with Crippen LogP contribution >= 0.6 is 11.8 Å². The Hall–Kier alpha value is -1.23. The molecule has 1 aromatic heterocycles. The monoisotopic (exact) mass is 293 g/mol. The van der Waals surface area contributed by atoms with Gasteiger partial charge >= 0.3 is 0 Å². The highest BCUT2D eigenvalue weighted by Crippen LogP contribution is 2.32. The molecule has 1 amide bonds. The number of nitrogens with zero attached hydrogens (tertiary/aromatic N) is 2. The summed E-state index contributed by atoms with van der Waals surface area (Å²) in [6, 6.07) is 3.99. The van der Waals surface area contributed by atoms with Gasteiger partial charge in [0.15, 0.2) is 0 Å². The van der Waals surface area contributed by atoms with Crippen LogP contribution in [0, 0.1) is 0 Å². The Labute approximate surface area is 125 Å². The maximum Gasteiger partial charge on any atom is 0.254 e. The van der Waals surface area contributed by atoms with Crippen LogP contribution in [0.5, 0.6) is 0 Å². The predicted octanol–water partition coefficient (Wildman–Crippen LogP) is 2.87. The Kier molecular flexibility index (Phi) is 5.29. The number of rotatable bonds is 5. The van der Waals surface area contributed by atoms with Crippen LogP contribution in [0.25, 0.3) is 0 Å². The van der Waals surface area contributed by atoms with Crippen molar-refractivity contribution in [3.05, 3.63) is 23.9 Å². The predicted molar refractivity (Wildman–Crippen MR) is 85.4 cm³/mol. The quantitative estimate of drug-likeness (QED) is 0.906. The highest BCUT2D eigenvalue weighted by molar-refractivity contribution is 7.99. The molecule has 0 aromatic carbocycles. The van der Waals surface area contributed by atoms with Crippen molar-refractivity contribution in [3.8, 4) is 0 Å². The summed E-state index contributed by atoms with van der Waals surface area (Å²) in [5.74, 6) is 0.858. The number of pyridine rings is 1. The smallest absolute Gasteiger partial charge is 0.254 e. The summed E-state index contributed by atoms with van der Waals surface area (Å²) in [6.45, 7) is 2.82. The normalized spacial score (nSPS) is 21.8. The largest absolute Gasteiger partial charge is 0.370 e. The van der Waals surface area contributed by atoms with E-state index in [1.807, 2.05) is 36.7 Å². The van der Waals surface area contributed by atoms with Crippen LogP contribution in [0.15, 0.2) is 18.3 Å². The molecule has 1 fully saturated rings. The van der Waals surface area contributed by atoms with Crippen molar-refractivity contribution in [2.24, 2.45) is 0 Å². The molecular weight excluding hydrogens is 270 g/mol. The molecule has 0 aliphatic heterocycles. The Bertz CT molecular complexity index is 466. The molecule has 5 heteroatoms. The number of carbonyl (C=O) groups excluding carboxylic acids is 1. The van der Waals surface area contributed by atoms with Gasteiger partial charge in [0, 0.05) is 36.6 Å². The number of aromatic nitrogens is 1. The van der Waals surface area contributed by atoms with Crippen molar-refractivity contribution < 1.29 is 4.79 Å². The van der Waals surface area contributed by atoms with E-state index in [1.54, 1.807) is 12.3 Å². The molecule has 1 aromatic rings. The van der Waals surface area contributed by atoms with Crippen molar-refractivity contribution in [3.63, 3.8) is 0 Å². The summed E-state index contributed by atoms with van der Waals surface area (Å²) < 4.78 is 0. The molecule has 2 atom stereocenters. The van der Waals surface area contributed by atoms with E-state index in [9.17, 15) is 4.79 Å². The van der Waals surface area contributed by atoms with Gasteiger partial charge in [0.25, 0.3) is 5.91 Å². The average Bonchev–Trinajstić information content (AvgIpc) is 2.95. The van der Waals surface area contributed by atoms with Crippen molar-refractivity contribution >= 4 is 23.5 Å². The zero-order valence-electron chi connectivity index (χ0n) is 12.4. The molecule has 1 heterocycles. The van der Waals surface area contributed by atoms with Gasteiger partial charge in [-0.2, -0.15) is 11.8 Å². The first-order valence-electron chi connectivity index (χ1n) is 7.17. The van der Waals surface area contributed by atoms with Gasteiger partial charge in [0.2, 0.25) is 0 Å². The van der Waals surface area contributed by atoms with Crippen molar-refractivity contribution in [2.45, 2.75) is 37.5 Å². The zero-order valence-corrected chi connectivity index (χ0v) is 13.2. The van der Waals surface area contributed by atoms with Gasteiger partial charge in [-0.15, -0.1) is 0 Å². The topological polar surface area (TPSA) is 45.2 Å². The zero-order chi connectivity index (χ0) is 14.5. The minimum atomic E-state index is 0.0949. The summed E-state index contributed by atoms with van der Waals surface area (Å²) in [7, 11) is 1.93. The maximum absolute atomic E-state index is 12.6. The first kappa shape index (κ1) is 15.2. The van der Waals surface area contributed by atoms with Crippen LogP contribution in [0.2, 0.25) is 0 Å². The van der Waals surface area contributed by atoms with E-state index in [1.165, 1.54) is 12.8 Å². The van der Waals surface area contributed by atoms with E-state index in [4.69, 9.17) is 0 Å². The maximum atomic E-state index is 12.6. The standard InChI is InChI=1S/C15H23N3OS/c1-4-16-14-10-11(8-9-17-14)15(19)18(2)12-6-5-7-13(12)20-3/h8-10,12-13H,4-7H2,1-3H3,(H,16,17). The fourth-order valence-corrected chi connectivity index (χ4v) is 3.86.